The maximum atomic E-state index is 6.68. The Labute approximate surface area is 277 Å². The number of hydrogen-bond donors (Lipinski definition) is 0. The van der Waals surface area contributed by atoms with Crippen LogP contribution in [0.25, 0.3) is 44.4 Å². The third-order valence-electron chi connectivity index (χ3n) is 8.86. The van der Waals surface area contributed by atoms with E-state index in [9.17, 15) is 0 Å². The second kappa shape index (κ2) is 11.9. The molecule has 0 atom stereocenters. The van der Waals surface area contributed by atoms with Gasteiger partial charge in [-0.2, -0.15) is 5.10 Å². The minimum absolute atomic E-state index is 0.202. The number of aromatic nitrogens is 4. The highest BCUT2D eigenvalue weighted by atomic mass is 16.5. The quantitative estimate of drug-likeness (QED) is 0.178. The SMILES string of the molecule is CCc1cc(Oc2ccc3c4cc(CC(C)(C)C)ccc4n(-c4cc(C)ccn4)c3c2)cc(-n2nc(C)c(-c3ccccc3)c2C)c1. The van der Waals surface area contributed by atoms with Crippen molar-refractivity contribution in [1.29, 1.82) is 0 Å². The van der Waals surface area contributed by atoms with Gasteiger partial charge in [-0.15, -0.1) is 0 Å². The van der Waals surface area contributed by atoms with Crippen LogP contribution < -0.4 is 4.74 Å². The van der Waals surface area contributed by atoms with Crippen LogP contribution in [-0.2, 0) is 12.8 Å². The predicted octanol–water partition coefficient (Wildman–Crippen LogP) is 10.9. The lowest BCUT2D eigenvalue weighted by Crippen LogP contribution is -2.08. The first kappa shape index (κ1) is 30.5. The Kier molecular flexibility index (Phi) is 7.71. The van der Waals surface area contributed by atoms with Gasteiger partial charge in [0, 0.05) is 40.4 Å². The van der Waals surface area contributed by atoms with Crippen molar-refractivity contribution in [2.45, 2.75) is 61.3 Å². The van der Waals surface area contributed by atoms with Crippen LogP contribution in [0.4, 0.5) is 0 Å². The fourth-order valence-electron chi connectivity index (χ4n) is 6.80. The molecule has 0 aliphatic heterocycles. The fourth-order valence-corrected chi connectivity index (χ4v) is 6.80. The van der Waals surface area contributed by atoms with Crippen molar-refractivity contribution in [2.24, 2.45) is 5.41 Å². The topological polar surface area (TPSA) is 44.9 Å². The Balaban J connectivity index is 1.33. The van der Waals surface area contributed by atoms with Crippen LogP contribution in [0.5, 0.6) is 11.5 Å². The summed E-state index contributed by atoms with van der Waals surface area (Å²) in [6, 6.07) is 34.4. The summed E-state index contributed by atoms with van der Waals surface area (Å²) < 4.78 is 11.0. The Morgan fingerprint density at radius 2 is 1.53 bits per heavy atom. The van der Waals surface area contributed by atoms with E-state index in [1.807, 2.05) is 23.0 Å². The van der Waals surface area contributed by atoms with Gasteiger partial charge in [0.25, 0.3) is 0 Å². The average molecular weight is 619 g/mol. The Morgan fingerprint density at radius 1 is 0.723 bits per heavy atom. The fraction of sp³-hybridized carbons (Fsp3) is 0.238. The van der Waals surface area contributed by atoms with Gasteiger partial charge in [-0.1, -0.05) is 64.1 Å². The molecule has 0 fully saturated rings. The van der Waals surface area contributed by atoms with Crippen LogP contribution in [0.15, 0.2) is 103 Å². The Bertz CT molecular complexity index is 2250. The maximum Gasteiger partial charge on any atom is 0.137 e. The molecule has 0 radical (unpaired) electrons. The van der Waals surface area contributed by atoms with E-state index in [2.05, 4.69) is 138 Å². The van der Waals surface area contributed by atoms with Crippen LogP contribution in [-0.4, -0.2) is 19.3 Å². The molecule has 0 unspecified atom stereocenters. The molecule has 0 aliphatic carbocycles. The van der Waals surface area contributed by atoms with E-state index in [4.69, 9.17) is 14.8 Å². The molecule has 0 bridgehead atoms. The molecular formula is C42H42N4O. The van der Waals surface area contributed by atoms with Gasteiger partial charge < -0.3 is 4.74 Å². The maximum absolute atomic E-state index is 6.68. The summed E-state index contributed by atoms with van der Waals surface area (Å²) in [5, 5.41) is 7.39. The van der Waals surface area contributed by atoms with Crippen LogP contribution in [0, 0.1) is 26.2 Å². The van der Waals surface area contributed by atoms with Crippen molar-refractivity contribution in [1.82, 2.24) is 19.3 Å². The minimum atomic E-state index is 0.202. The highest BCUT2D eigenvalue weighted by Crippen LogP contribution is 2.37. The van der Waals surface area contributed by atoms with Gasteiger partial charge in [0.15, 0.2) is 0 Å². The van der Waals surface area contributed by atoms with Crippen molar-refractivity contribution in [3.8, 4) is 34.1 Å². The molecule has 7 rings (SSSR count). The molecule has 0 spiro atoms. The highest BCUT2D eigenvalue weighted by molar-refractivity contribution is 6.09. The predicted molar refractivity (Wildman–Crippen MR) is 194 cm³/mol. The molecule has 0 aliphatic rings. The van der Waals surface area contributed by atoms with Gasteiger partial charge in [-0.25, -0.2) is 9.67 Å². The van der Waals surface area contributed by atoms with Gasteiger partial charge in [0.05, 0.1) is 22.4 Å². The van der Waals surface area contributed by atoms with E-state index < -0.39 is 0 Å². The molecule has 4 aromatic carbocycles. The molecule has 7 aromatic rings. The summed E-state index contributed by atoms with van der Waals surface area (Å²) in [6.07, 6.45) is 3.78. The zero-order valence-corrected chi connectivity index (χ0v) is 28.4. The Morgan fingerprint density at radius 3 is 2.28 bits per heavy atom. The highest BCUT2D eigenvalue weighted by Gasteiger charge is 2.19. The number of aryl methyl sites for hydroxylation is 3. The van der Waals surface area contributed by atoms with Crippen molar-refractivity contribution in [3.63, 3.8) is 0 Å². The molecule has 0 saturated carbocycles. The first-order valence-electron chi connectivity index (χ1n) is 16.5. The first-order valence-corrected chi connectivity index (χ1v) is 16.5. The van der Waals surface area contributed by atoms with E-state index in [1.54, 1.807) is 0 Å². The molecule has 5 heteroatoms. The van der Waals surface area contributed by atoms with Gasteiger partial charge in [0.2, 0.25) is 0 Å². The van der Waals surface area contributed by atoms with Crippen LogP contribution in [0.3, 0.4) is 0 Å². The van der Waals surface area contributed by atoms with Crippen LogP contribution >= 0.6 is 0 Å². The molecule has 3 aromatic heterocycles. The van der Waals surface area contributed by atoms with Gasteiger partial charge in [0.1, 0.15) is 17.3 Å². The lowest BCUT2D eigenvalue weighted by molar-refractivity contribution is 0.411. The number of rotatable bonds is 7. The van der Waals surface area contributed by atoms with Crippen molar-refractivity contribution in [3.05, 3.63) is 131 Å². The lowest BCUT2D eigenvalue weighted by atomic mass is 9.88. The molecule has 3 heterocycles. The molecule has 0 amide bonds. The third-order valence-corrected chi connectivity index (χ3v) is 8.86. The van der Waals surface area contributed by atoms with Crippen molar-refractivity contribution < 1.29 is 4.74 Å². The van der Waals surface area contributed by atoms with Gasteiger partial charge >= 0.3 is 0 Å². The largest absolute Gasteiger partial charge is 0.457 e. The number of benzene rings is 4. The summed E-state index contributed by atoms with van der Waals surface area (Å²) in [5.74, 6) is 2.47. The van der Waals surface area contributed by atoms with Crippen LogP contribution in [0.1, 0.15) is 55.8 Å². The molecule has 0 N–H and O–H groups in total. The molecule has 236 valence electrons. The van der Waals surface area contributed by atoms with Gasteiger partial charge in [-0.3, -0.25) is 4.57 Å². The van der Waals surface area contributed by atoms with E-state index in [0.717, 1.165) is 58.3 Å². The molecule has 0 saturated heterocycles. The number of ether oxygens (including phenoxy) is 1. The normalized spacial score (nSPS) is 11.9. The average Bonchev–Trinajstić information content (AvgIpc) is 3.52. The number of pyridine rings is 1. The monoisotopic (exact) mass is 618 g/mol. The van der Waals surface area contributed by atoms with E-state index >= 15 is 0 Å². The second-order valence-corrected chi connectivity index (χ2v) is 13.9. The summed E-state index contributed by atoms with van der Waals surface area (Å²) in [6.45, 7) is 15.4. The summed E-state index contributed by atoms with van der Waals surface area (Å²) in [4.78, 5) is 4.80. The van der Waals surface area contributed by atoms with E-state index in [-0.39, 0.29) is 5.41 Å². The van der Waals surface area contributed by atoms with Crippen molar-refractivity contribution in [2.75, 3.05) is 0 Å². The first-order chi connectivity index (χ1) is 22.6. The second-order valence-electron chi connectivity index (χ2n) is 13.9. The zero-order chi connectivity index (χ0) is 32.9. The van der Waals surface area contributed by atoms with Crippen molar-refractivity contribution >= 4 is 21.8 Å². The summed E-state index contributed by atoms with van der Waals surface area (Å²) >= 11 is 0. The Hall–Kier alpha value is -5.16. The zero-order valence-electron chi connectivity index (χ0n) is 28.4. The smallest absolute Gasteiger partial charge is 0.137 e. The third kappa shape index (κ3) is 5.94. The number of fused-ring (bicyclic) bond motifs is 3. The van der Waals surface area contributed by atoms with E-state index in [0.29, 0.717) is 0 Å². The standard InChI is InChI=1S/C42H42N4O/c1-8-30-21-33(46-29(4)41(28(3)44-46)32-12-10-9-11-13-32)24-35(22-30)47-34-15-16-36-37-23-31(26-42(5,6)7)14-17-38(37)45(39(36)25-34)40-20-27(2)18-19-43-40/h9-25H,8,26H2,1-7H3. The summed E-state index contributed by atoms with van der Waals surface area (Å²) in [7, 11) is 0. The van der Waals surface area contributed by atoms with E-state index in [1.165, 1.54) is 38.6 Å². The lowest BCUT2D eigenvalue weighted by Gasteiger charge is -2.18. The summed E-state index contributed by atoms with van der Waals surface area (Å²) in [5.41, 5.74) is 11.6. The molecular weight excluding hydrogens is 576 g/mol. The molecule has 47 heavy (non-hydrogen) atoms. The number of nitrogens with zero attached hydrogens (tertiary/aromatic N) is 4. The van der Waals surface area contributed by atoms with Crippen LogP contribution in [0.2, 0.25) is 0 Å². The van der Waals surface area contributed by atoms with Gasteiger partial charge in [-0.05, 0) is 110 Å². The number of hydrogen-bond acceptors (Lipinski definition) is 3. The minimum Gasteiger partial charge on any atom is -0.457 e. The molecule has 5 nitrogen and oxygen atoms in total.